The Hall–Kier alpha value is -1.37. The van der Waals surface area contributed by atoms with Gasteiger partial charge in [-0.1, -0.05) is 25.1 Å². The highest BCUT2D eigenvalue weighted by Crippen LogP contribution is 2.34. The first-order valence-electron chi connectivity index (χ1n) is 7.02. The smallest absolute Gasteiger partial charge is 0.265 e. The highest BCUT2D eigenvalue weighted by atomic mass is 32.2. The third kappa shape index (κ3) is 2.59. The van der Waals surface area contributed by atoms with Gasteiger partial charge in [-0.25, -0.2) is 8.42 Å². The molecule has 3 rings (SSSR count). The second-order valence-electron chi connectivity index (χ2n) is 4.94. The number of sulfonamides is 1. The Morgan fingerprint density at radius 2 is 2.10 bits per heavy atom. The Morgan fingerprint density at radius 3 is 2.90 bits per heavy atom. The molecule has 0 radical (unpaired) electrons. The maximum atomic E-state index is 12.9. The van der Waals surface area contributed by atoms with E-state index in [0.29, 0.717) is 18.0 Å². The van der Waals surface area contributed by atoms with Crippen LogP contribution in [0.1, 0.15) is 17.4 Å². The number of para-hydroxylation sites is 1. The molecule has 0 unspecified atom stereocenters. The number of thiophene rings is 1. The molecule has 21 heavy (non-hydrogen) atoms. The van der Waals surface area contributed by atoms with Crippen molar-refractivity contribution in [2.24, 2.45) is 0 Å². The molecule has 4 nitrogen and oxygen atoms in total. The van der Waals surface area contributed by atoms with Crippen molar-refractivity contribution in [3.8, 4) is 0 Å². The summed E-state index contributed by atoms with van der Waals surface area (Å²) in [5.41, 5.74) is 1.92. The van der Waals surface area contributed by atoms with E-state index in [1.165, 1.54) is 11.3 Å². The van der Waals surface area contributed by atoms with E-state index in [9.17, 15) is 8.42 Å². The molecule has 0 amide bonds. The maximum Gasteiger partial charge on any atom is 0.265 e. The molecule has 112 valence electrons. The van der Waals surface area contributed by atoms with E-state index in [4.69, 9.17) is 0 Å². The van der Waals surface area contributed by atoms with Crippen LogP contribution in [0.3, 0.4) is 0 Å². The summed E-state index contributed by atoms with van der Waals surface area (Å²) < 4.78 is 27.4. The summed E-state index contributed by atoms with van der Waals surface area (Å²) in [6.07, 6.45) is 0.780. The van der Waals surface area contributed by atoms with Crippen LogP contribution < -0.4 is 9.62 Å². The molecule has 0 aliphatic carbocycles. The van der Waals surface area contributed by atoms with E-state index in [1.54, 1.807) is 10.4 Å². The number of nitrogens with zero attached hydrogens (tertiary/aromatic N) is 1. The van der Waals surface area contributed by atoms with Gasteiger partial charge in [0.1, 0.15) is 4.90 Å². The fourth-order valence-electron chi connectivity index (χ4n) is 2.60. The van der Waals surface area contributed by atoms with Gasteiger partial charge in [0.2, 0.25) is 0 Å². The lowest BCUT2D eigenvalue weighted by atomic mass is 10.2. The minimum atomic E-state index is -3.47. The number of hydrogen-bond acceptors (Lipinski definition) is 4. The van der Waals surface area contributed by atoms with Gasteiger partial charge in [-0.2, -0.15) is 0 Å². The van der Waals surface area contributed by atoms with Crippen LogP contribution in [0, 0.1) is 0 Å². The van der Waals surface area contributed by atoms with Crippen molar-refractivity contribution < 1.29 is 8.42 Å². The zero-order valence-corrected chi connectivity index (χ0v) is 13.5. The summed E-state index contributed by atoms with van der Waals surface area (Å²) >= 11 is 1.49. The Kier molecular flexibility index (Phi) is 4.01. The van der Waals surface area contributed by atoms with Gasteiger partial charge in [0, 0.05) is 18.0 Å². The average Bonchev–Trinajstić information content (AvgIpc) is 3.12. The molecular weight excluding hydrogens is 304 g/mol. The van der Waals surface area contributed by atoms with E-state index in [2.05, 4.69) is 5.32 Å². The van der Waals surface area contributed by atoms with Crippen molar-refractivity contribution in [3.05, 3.63) is 46.2 Å². The van der Waals surface area contributed by atoms with Crippen LogP contribution >= 0.6 is 11.3 Å². The van der Waals surface area contributed by atoms with Crippen LogP contribution in [0.5, 0.6) is 0 Å². The second-order valence-corrected chi connectivity index (χ2v) is 7.78. The lowest BCUT2D eigenvalue weighted by molar-refractivity contribution is 0.590. The molecule has 2 heterocycles. The van der Waals surface area contributed by atoms with Gasteiger partial charge in [0.25, 0.3) is 10.0 Å². The van der Waals surface area contributed by atoms with Crippen LogP contribution in [-0.2, 0) is 23.0 Å². The highest BCUT2D eigenvalue weighted by molar-refractivity contribution is 7.93. The summed E-state index contributed by atoms with van der Waals surface area (Å²) in [6, 6.07) is 9.44. The second kappa shape index (κ2) is 5.79. The van der Waals surface area contributed by atoms with Crippen molar-refractivity contribution in [2.45, 2.75) is 24.8 Å². The lowest BCUT2D eigenvalue weighted by Gasteiger charge is -2.19. The van der Waals surface area contributed by atoms with Crippen molar-refractivity contribution in [1.29, 1.82) is 0 Å². The zero-order chi connectivity index (χ0) is 14.9. The third-order valence-corrected chi connectivity index (χ3v) is 6.60. The van der Waals surface area contributed by atoms with Crippen LogP contribution in [0.4, 0.5) is 5.69 Å². The molecule has 0 spiro atoms. The zero-order valence-electron chi connectivity index (χ0n) is 11.9. The Balaban J connectivity index is 1.97. The van der Waals surface area contributed by atoms with Crippen molar-refractivity contribution in [1.82, 2.24) is 5.32 Å². The van der Waals surface area contributed by atoms with E-state index in [1.807, 2.05) is 36.6 Å². The topological polar surface area (TPSA) is 49.4 Å². The van der Waals surface area contributed by atoms with Crippen LogP contribution in [0.15, 0.2) is 40.6 Å². The molecular formula is C15H18N2O2S2. The first-order chi connectivity index (χ1) is 10.1. The molecule has 0 bridgehead atoms. The predicted molar refractivity (Wildman–Crippen MR) is 86.4 cm³/mol. The Bertz CT molecular complexity index is 738. The van der Waals surface area contributed by atoms with Crippen LogP contribution in [0.2, 0.25) is 0 Å². The minimum Gasteiger partial charge on any atom is -0.312 e. The van der Waals surface area contributed by atoms with Gasteiger partial charge in [-0.3, -0.25) is 4.31 Å². The molecule has 0 saturated carbocycles. The fourth-order valence-corrected chi connectivity index (χ4v) is 5.49. The molecule has 1 aromatic heterocycles. The molecule has 1 N–H and O–H groups in total. The number of anilines is 1. The van der Waals surface area contributed by atoms with Crippen LogP contribution in [-0.4, -0.2) is 21.5 Å². The van der Waals surface area contributed by atoms with Crippen molar-refractivity contribution in [2.75, 3.05) is 17.4 Å². The average molecular weight is 322 g/mol. The normalized spacial score (nSPS) is 14.4. The standard InChI is InChI=1S/C15H18N2O2S2/c1-2-16-11-14-15(8-10-20-14)21(18,19)17-9-7-12-5-3-4-6-13(12)17/h3-6,8,10,16H,2,7,9,11H2,1H3. The molecule has 2 aromatic rings. The van der Waals surface area contributed by atoms with Gasteiger partial charge in [-0.05, 0) is 36.0 Å². The lowest BCUT2D eigenvalue weighted by Crippen LogP contribution is -2.29. The molecule has 1 aliphatic rings. The minimum absolute atomic E-state index is 0.435. The number of hydrogen-bond donors (Lipinski definition) is 1. The quantitative estimate of drug-likeness (QED) is 0.920. The summed E-state index contributed by atoms with van der Waals surface area (Å²) in [5.74, 6) is 0. The summed E-state index contributed by atoms with van der Waals surface area (Å²) in [6.45, 7) is 3.96. The first kappa shape index (κ1) is 14.6. The van der Waals surface area contributed by atoms with Crippen LogP contribution in [0.25, 0.3) is 0 Å². The largest absolute Gasteiger partial charge is 0.312 e. The number of nitrogens with one attached hydrogen (secondary N) is 1. The molecule has 0 saturated heterocycles. The summed E-state index contributed by atoms with van der Waals surface area (Å²) in [7, 11) is -3.47. The monoisotopic (exact) mass is 322 g/mol. The fraction of sp³-hybridized carbons (Fsp3) is 0.333. The molecule has 0 atom stereocenters. The molecule has 0 fully saturated rings. The number of benzene rings is 1. The van der Waals surface area contributed by atoms with Gasteiger partial charge in [0.15, 0.2) is 0 Å². The van der Waals surface area contributed by atoms with Crippen molar-refractivity contribution >= 4 is 27.0 Å². The summed E-state index contributed by atoms with van der Waals surface area (Å²) in [5, 5.41) is 5.05. The SMILES string of the molecule is CCNCc1sccc1S(=O)(=O)N1CCc2ccccc21. The van der Waals surface area contributed by atoms with Gasteiger partial charge in [0.05, 0.1) is 5.69 Å². The molecule has 1 aromatic carbocycles. The van der Waals surface area contributed by atoms with Gasteiger partial charge < -0.3 is 5.32 Å². The maximum absolute atomic E-state index is 12.9. The van der Waals surface area contributed by atoms with E-state index < -0.39 is 10.0 Å². The molecule has 1 aliphatic heterocycles. The third-order valence-electron chi connectivity index (χ3n) is 3.65. The van der Waals surface area contributed by atoms with Gasteiger partial charge >= 0.3 is 0 Å². The Labute approximate surface area is 129 Å². The van der Waals surface area contributed by atoms with E-state index in [0.717, 1.165) is 29.1 Å². The van der Waals surface area contributed by atoms with E-state index in [-0.39, 0.29) is 0 Å². The predicted octanol–water partition coefficient (Wildman–Crippen LogP) is 2.61. The van der Waals surface area contributed by atoms with E-state index >= 15 is 0 Å². The highest BCUT2D eigenvalue weighted by Gasteiger charge is 2.32. The molecule has 6 heteroatoms. The Morgan fingerprint density at radius 1 is 1.29 bits per heavy atom. The number of fused-ring (bicyclic) bond motifs is 1. The number of rotatable bonds is 5. The summed E-state index contributed by atoms with van der Waals surface area (Å²) in [4.78, 5) is 1.31. The van der Waals surface area contributed by atoms with Crippen molar-refractivity contribution in [3.63, 3.8) is 0 Å². The van der Waals surface area contributed by atoms with Gasteiger partial charge in [-0.15, -0.1) is 11.3 Å². The first-order valence-corrected chi connectivity index (χ1v) is 9.34.